The summed E-state index contributed by atoms with van der Waals surface area (Å²) in [6.45, 7) is 8.81. The average molecular weight is 383 g/mol. The first kappa shape index (κ1) is 21.6. The number of hydrogen-bond donors (Lipinski definition) is 1. The summed E-state index contributed by atoms with van der Waals surface area (Å²) in [5.41, 5.74) is 6.21. The zero-order valence-corrected chi connectivity index (χ0v) is 17.5. The topological polar surface area (TPSA) is 58.6 Å². The summed E-state index contributed by atoms with van der Waals surface area (Å²) >= 11 is 0. The minimum atomic E-state index is -0.210. The van der Waals surface area contributed by atoms with Crippen LogP contribution in [0.3, 0.4) is 0 Å². The molecule has 5 heteroatoms. The SMILES string of the molecule is COCCN(CC(=O)Nc1cccc(C)c1C)C(=O)Cc1ccc(C)c(C)c1. The number of methoxy groups -OCH3 is 1. The van der Waals surface area contributed by atoms with Gasteiger partial charge >= 0.3 is 0 Å². The van der Waals surface area contributed by atoms with E-state index in [0.29, 0.717) is 13.2 Å². The van der Waals surface area contributed by atoms with E-state index in [1.807, 2.05) is 64.1 Å². The van der Waals surface area contributed by atoms with Crippen LogP contribution >= 0.6 is 0 Å². The fourth-order valence-electron chi connectivity index (χ4n) is 2.94. The van der Waals surface area contributed by atoms with Crippen molar-refractivity contribution in [2.75, 3.05) is 32.1 Å². The molecule has 0 spiro atoms. The number of aryl methyl sites for hydroxylation is 3. The van der Waals surface area contributed by atoms with Gasteiger partial charge in [0.1, 0.15) is 0 Å². The molecule has 150 valence electrons. The number of nitrogens with one attached hydrogen (secondary N) is 1. The molecule has 5 nitrogen and oxygen atoms in total. The van der Waals surface area contributed by atoms with Gasteiger partial charge in [-0.25, -0.2) is 0 Å². The third kappa shape index (κ3) is 5.92. The lowest BCUT2D eigenvalue weighted by Crippen LogP contribution is -2.40. The van der Waals surface area contributed by atoms with Gasteiger partial charge in [-0.15, -0.1) is 0 Å². The van der Waals surface area contributed by atoms with Crippen molar-refractivity contribution < 1.29 is 14.3 Å². The Morgan fingerprint density at radius 1 is 1.00 bits per heavy atom. The van der Waals surface area contributed by atoms with Gasteiger partial charge in [0, 0.05) is 19.3 Å². The summed E-state index contributed by atoms with van der Waals surface area (Å²) in [5, 5.41) is 2.92. The second-order valence-electron chi connectivity index (χ2n) is 7.20. The van der Waals surface area contributed by atoms with Crippen molar-refractivity contribution in [1.82, 2.24) is 4.90 Å². The number of hydrogen-bond acceptors (Lipinski definition) is 3. The van der Waals surface area contributed by atoms with Gasteiger partial charge < -0.3 is 15.0 Å². The number of carbonyl (C=O) groups is 2. The molecule has 0 atom stereocenters. The number of ether oxygens (including phenoxy) is 1. The highest BCUT2D eigenvalue weighted by Gasteiger charge is 2.18. The molecule has 2 aromatic carbocycles. The number of carbonyl (C=O) groups excluding carboxylic acids is 2. The maximum atomic E-state index is 12.8. The molecule has 0 saturated heterocycles. The van der Waals surface area contributed by atoms with Crippen molar-refractivity contribution in [2.45, 2.75) is 34.1 Å². The van der Waals surface area contributed by atoms with Crippen molar-refractivity contribution in [3.8, 4) is 0 Å². The fraction of sp³-hybridized carbons (Fsp3) is 0.391. The lowest BCUT2D eigenvalue weighted by molar-refractivity contribution is -0.134. The van der Waals surface area contributed by atoms with Crippen LogP contribution in [0.1, 0.15) is 27.8 Å². The molecule has 0 unspecified atom stereocenters. The maximum Gasteiger partial charge on any atom is 0.244 e. The molecule has 0 radical (unpaired) electrons. The predicted octanol–water partition coefficient (Wildman–Crippen LogP) is 3.58. The summed E-state index contributed by atoms with van der Waals surface area (Å²) in [4.78, 5) is 26.9. The zero-order chi connectivity index (χ0) is 20.7. The van der Waals surface area contributed by atoms with Crippen LogP contribution in [-0.4, -0.2) is 43.5 Å². The Balaban J connectivity index is 2.06. The monoisotopic (exact) mass is 382 g/mol. The molecule has 0 bridgehead atoms. The first-order valence-corrected chi connectivity index (χ1v) is 9.50. The number of anilines is 1. The van der Waals surface area contributed by atoms with Crippen LogP contribution in [0.2, 0.25) is 0 Å². The minimum Gasteiger partial charge on any atom is -0.383 e. The van der Waals surface area contributed by atoms with Gasteiger partial charge in [-0.2, -0.15) is 0 Å². The van der Waals surface area contributed by atoms with Crippen molar-refractivity contribution in [1.29, 1.82) is 0 Å². The maximum absolute atomic E-state index is 12.8. The van der Waals surface area contributed by atoms with E-state index in [4.69, 9.17) is 4.74 Å². The number of benzene rings is 2. The molecule has 2 rings (SSSR count). The van der Waals surface area contributed by atoms with Gasteiger partial charge in [-0.3, -0.25) is 9.59 Å². The lowest BCUT2D eigenvalue weighted by atomic mass is 10.0. The standard InChI is InChI=1S/C23H30N2O3/c1-16-9-10-20(13-18(16)3)14-23(27)25(11-12-28-5)15-22(26)24-21-8-6-7-17(2)19(21)4/h6-10,13H,11-12,14-15H2,1-5H3,(H,24,26). The molecule has 1 N–H and O–H groups in total. The van der Waals surface area contributed by atoms with Gasteiger partial charge in [0.15, 0.2) is 0 Å². The summed E-state index contributed by atoms with van der Waals surface area (Å²) in [6.07, 6.45) is 0.265. The van der Waals surface area contributed by atoms with E-state index < -0.39 is 0 Å². The molecule has 28 heavy (non-hydrogen) atoms. The molecule has 0 aliphatic carbocycles. The van der Waals surface area contributed by atoms with Crippen molar-refractivity contribution in [3.63, 3.8) is 0 Å². The molecule has 0 aliphatic heterocycles. The molecular formula is C23H30N2O3. The summed E-state index contributed by atoms with van der Waals surface area (Å²) in [5.74, 6) is -0.297. The lowest BCUT2D eigenvalue weighted by Gasteiger charge is -2.22. The Kier molecular flexibility index (Phi) is 7.76. The van der Waals surface area contributed by atoms with Crippen LogP contribution < -0.4 is 5.32 Å². The molecule has 0 aliphatic rings. The molecule has 0 saturated carbocycles. The first-order chi connectivity index (χ1) is 13.3. The van der Waals surface area contributed by atoms with E-state index in [-0.39, 0.29) is 24.8 Å². The van der Waals surface area contributed by atoms with Crippen LogP contribution in [0, 0.1) is 27.7 Å². The van der Waals surface area contributed by atoms with E-state index in [2.05, 4.69) is 5.32 Å². The van der Waals surface area contributed by atoms with Gasteiger partial charge in [0.25, 0.3) is 0 Å². The van der Waals surface area contributed by atoms with E-state index in [1.54, 1.807) is 12.0 Å². The van der Waals surface area contributed by atoms with Crippen LogP contribution in [0.4, 0.5) is 5.69 Å². The third-order valence-electron chi connectivity index (χ3n) is 5.06. The summed E-state index contributed by atoms with van der Waals surface area (Å²) in [7, 11) is 1.59. The van der Waals surface area contributed by atoms with Gasteiger partial charge in [0.2, 0.25) is 11.8 Å². The smallest absolute Gasteiger partial charge is 0.244 e. The Hall–Kier alpha value is -2.66. The van der Waals surface area contributed by atoms with Crippen molar-refractivity contribution in [3.05, 3.63) is 64.2 Å². The van der Waals surface area contributed by atoms with E-state index in [9.17, 15) is 9.59 Å². The van der Waals surface area contributed by atoms with Crippen LogP contribution in [0.5, 0.6) is 0 Å². The molecule has 2 amide bonds. The number of nitrogens with zero attached hydrogens (tertiary/aromatic N) is 1. The first-order valence-electron chi connectivity index (χ1n) is 9.50. The minimum absolute atomic E-state index is 0.000415. The second-order valence-corrected chi connectivity index (χ2v) is 7.20. The largest absolute Gasteiger partial charge is 0.383 e. The highest BCUT2D eigenvalue weighted by Crippen LogP contribution is 2.18. The second kappa shape index (κ2) is 10.0. The van der Waals surface area contributed by atoms with Gasteiger partial charge in [0.05, 0.1) is 19.6 Å². The molecule has 0 fully saturated rings. The summed E-state index contributed by atoms with van der Waals surface area (Å²) < 4.78 is 5.12. The number of amides is 2. The van der Waals surface area contributed by atoms with Crippen LogP contribution in [0.25, 0.3) is 0 Å². The molecule has 0 heterocycles. The van der Waals surface area contributed by atoms with Gasteiger partial charge in [-0.1, -0.05) is 30.3 Å². The molecular weight excluding hydrogens is 352 g/mol. The highest BCUT2D eigenvalue weighted by atomic mass is 16.5. The van der Waals surface area contributed by atoms with E-state index >= 15 is 0 Å². The quantitative estimate of drug-likeness (QED) is 0.759. The fourth-order valence-corrected chi connectivity index (χ4v) is 2.94. The zero-order valence-electron chi connectivity index (χ0n) is 17.5. The predicted molar refractivity (Wildman–Crippen MR) is 113 cm³/mol. The van der Waals surface area contributed by atoms with E-state index in [0.717, 1.165) is 27.9 Å². The van der Waals surface area contributed by atoms with Crippen molar-refractivity contribution >= 4 is 17.5 Å². The molecule has 0 aromatic heterocycles. The molecule has 2 aromatic rings. The van der Waals surface area contributed by atoms with Gasteiger partial charge in [-0.05, 0) is 61.6 Å². The Labute approximate surface area is 167 Å². The highest BCUT2D eigenvalue weighted by molar-refractivity contribution is 5.95. The van der Waals surface area contributed by atoms with Crippen LogP contribution in [0.15, 0.2) is 36.4 Å². The average Bonchev–Trinajstić information content (AvgIpc) is 2.65. The number of rotatable bonds is 8. The van der Waals surface area contributed by atoms with Crippen molar-refractivity contribution in [2.24, 2.45) is 0 Å². The summed E-state index contributed by atoms with van der Waals surface area (Å²) in [6, 6.07) is 11.8. The third-order valence-corrected chi connectivity index (χ3v) is 5.06. The Morgan fingerprint density at radius 3 is 2.43 bits per heavy atom. The Bertz CT molecular complexity index is 846. The normalized spacial score (nSPS) is 10.6. The Morgan fingerprint density at radius 2 is 1.75 bits per heavy atom. The van der Waals surface area contributed by atoms with Crippen LogP contribution in [-0.2, 0) is 20.7 Å². The van der Waals surface area contributed by atoms with E-state index in [1.165, 1.54) is 5.56 Å².